The number of amides is 1. The zero-order valence-electron chi connectivity index (χ0n) is 8.52. The molecule has 1 aromatic heterocycles. The average Bonchev–Trinajstić information content (AvgIpc) is 2.92. The molecule has 2 aliphatic rings. The molecule has 1 saturated heterocycles. The molecular weight excluding hydrogens is 192 g/mol. The van der Waals surface area contributed by atoms with Gasteiger partial charge in [-0.1, -0.05) is 6.42 Å². The standard InChI is InChI=1S/C10H14N4O/c15-10(9-4-11-13-12-9)14-5-7-2-1-3-8(7)6-14/h4,7-8H,1-3,5-6H2,(H,11,12,13). The van der Waals surface area contributed by atoms with Crippen molar-refractivity contribution in [1.82, 2.24) is 20.3 Å². The lowest BCUT2D eigenvalue weighted by Crippen LogP contribution is -2.29. The molecule has 5 heteroatoms. The first kappa shape index (κ1) is 8.88. The van der Waals surface area contributed by atoms with Gasteiger partial charge < -0.3 is 4.90 Å². The number of carbonyl (C=O) groups is 1. The highest BCUT2D eigenvalue weighted by molar-refractivity contribution is 5.92. The molecule has 1 aliphatic heterocycles. The van der Waals surface area contributed by atoms with Gasteiger partial charge >= 0.3 is 0 Å². The molecule has 1 N–H and O–H groups in total. The number of nitrogens with one attached hydrogen (secondary N) is 1. The number of hydrogen-bond donors (Lipinski definition) is 1. The molecule has 80 valence electrons. The molecule has 0 spiro atoms. The van der Waals surface area contributed by atoms with Crippen molar-refractivity contribution in [1.29, 1.82) is 0 Å². The zero-order chi connectivity index (χ0) is 10.3. The van der Waals surface area contributed by atoms with Gasteiger partial charge in [-0.05, 0) is 24.7 Å². The number of carbonyl (C=O) groups excluding carboxylic acids is 1. The molecule has 0 bridgehead atoms. The molecule has 15 heavy (non-hydrogen) atoms. The van der Waals surface area contributed by atoms with E-state index in [9.17, 15) is 4.79 Å². The van der Waals surface area contributed by atoms with Crippen LogP contribution < -0.4 is 0 Å². The van der Waals surface area contributed by atoms with E-state index in [2.05, 4.69) is 15.4 Å². The van der Waals surface area contributed by atoms with Gasteiger partial charge in [-0.3, -0.25) is 4.79 Å². The van der Waals surface area contributed by atoms with Crippen molar-refractivity contribution in [2.75, 3.05) is 13.1 Å². The van der Waals surface area contributed by atoms with Crippen molar-refractivity contribution in [2.24, 2.45) is 11.8 Å². The number of likely N-dealkylation sites (tertiary alicyclic amines) is 1. The monoisotopic (exact) mass is 206 g/mol. The lowest BCUT2D eigenvalue weighted by Gasteiger charge is -2.15. The number of hydrogen-bond acceptors (Lipinski definition) is 3. The maximum atomic E-state index is 11.9. The highest BCUT2D eigenvalue weighted by Gasteiger charge is 2.38. The summed E-state index contributed by atoms with van der Waals surface area (Å²) in [6.45, 7) is 1.83. The van der Waals surface area contributed by atoms with Crippen LogP contribution in [0.5, 0.6) is 0 Å². The van der Waals surface area contributed by atoms with Crippen molar-refractivity contribution in [3.05, 3.63) is 11.9 Å². The molecule has 1 aromatic rings. The van der Waals surface area contributed by atoms with Crippen LogP contribution in [0.15, 0.2) is 6.20 Å². The topological polar surface area (TPSA) is 61.9 Å². The van der Waals surface area contributed by atoms with Gasteiger partial charge in [0.1, 0.15) is 0 Å². The Morgan fingerprint density at radius 3 is 2.73 bits per heavy atom. The molecule has 3 rings (SSSR count). The Labute approximate surface area is 87.8 Å². The van der Waals surface area contributed by atoms with Gasteiger partial charge in [0, 0.05) is 13.1 Å². The van der Waals surface area contributed by atoms with Gasteiger partial charge in [0.2, 0.25) is 0 Å². The first-order valence-electron chi connectivity index (χ1n) is 5.49. The third-order valence-corrected chi connectivity index (χ3v) is 3.65. The minimum Gasteiger partial charge on any atom is -0.337 e. The van der Waals surface area contributed by atoms with Crippen LogP contribution >= 0.6 is 0 Å². The second-order valence-electron chi connectivity index (χ2n) is 4.52. The van der Waals surface area contributed by atoms with Crippen LogP contribution in [0.1, 0.15) is 29.8 Å². The summed E-state index contributed by atoms with van der Waals surface area (Å²) in [5, 5.41) is 9.97. The van der Waals surface area contributed by atoms with Crippen molar-refractivity contribution in [3.8, 4) is 0 Å². The van der Waals surface area contributed by atoms with Crippen molar-refractivity contribution in [2.45, 2.75) is 19.3 Å². The predicted molar refractivity (Wildman–Crippen MR) is 53.1 cm³/mol. The van der Waals surface area contributed by atoms with E-state index in [-0.39, 0.29) is 5.91 Å². The lowest BCUT2D eigenvalue weighted by molar-refractivity contribution is 0.0775. The van der Waals surface area contributed by atoms with E-state index < -0.39 is 0 Å². The van der Waals surface area contributed by atoms with Crippen molar-refractivity contribution < 1.29 is 4.79 Å². The molecule has 1 aliphatic carbocycles. The van der Waals surface area contributed by atoms with E-state index >= 15 is 0 Å². The highest BCUT2D eigenvalue weighted by atomic mass is 16.2. The first-order valence-corrected chi connectivity index (χ1v) is 5.49. The molecule has 1 saturated carbocycles. The summed E-state index contributed by atoms with van der Waals surface area (Å²) in [7, 11) is 0. The largest absolute Gasteiger partial charge is 0.337 e. The van der Waals surface area contributed by atoms with Crippen LogP contribution in [0.25, 0.3) is 0 Å². The second kappa shape index (κ2) is 3.32. The molecule has 5 nitrogen and oxygen atoms in total. The summed E-state index contributed by atoms with van der Waals surface area (Å²) in [6.07, 6.45) is 5.40. The molecule has 2 unspecified atom stereocenters. The molecule has 2 atom stereocenters. The van der Waals surface area contributed by atoms with E-state index in [1.807, 2.05) is 4.90 Å². The minimum atomic E-state index is 0.0261. The molecular formula is C10H14N4O. The Hall–Kier alpha value is -1.39. The Balaban J connectivity index is 1.72. The number of aromatic nitrogens is 3. The van der Waals surface area contributed by atoms with E-state index in [1.54, 1.807) is 0 Å². The van der Waals surface area contributed by atoms with Gasteiger partial charge in [0.15, 0.2) is 5.69 Å². The number of nitrogens with zero attached hydrogens (tertiary/aromatic N) is 3. The molecule has 0 aromatic carbocycles. The smallest absolute Gasteiger partial charge is 0.276 e. The van der Waals surface area contributed by atoms with Crippen molar-refractivity contribution in [3.63, 3.8) is 0 Å². The maximum absolute atomic E-state index is 11.9. The Morgan fingerprint density at radius 1 is 1.40 bits per heavy atom. The Bertz CT molecular complexity index is 350. The highest BCUT2D eigenvalue weighted by Crippen LogP contribution is 2.37. The number of H-pyrrole nitrogens is 1. The van der Waals surface area contributed by atoms with E-state index in [4.69, 9.17) is 0 Å². The van der Waals surface area contributed by atoms with Gasteiger partial charge in [-0.15, -0.1) is 0 Å². The molecule has 2 fully saturated rings. The third-order valence-electron chi connectivity index (χ3n) is 3.65. The van der Waals surface area contributed by atoms with Crippen LogP contribution in [0.3, 0.4) is 0 Å². The number of fused-ring (bicyclic) bond motifs is 1. The van der Waals surface area contributed by atoms with Gasteiger partial charge in [-0.2, -0.15) is 15.4 Å². The summed E-state index contributed by atoms with van der Waals surface area (Å²) in [5.74, 6) is 1.50. The summed E-state index contributed by atoms with van der Waals surface area (Å²) < 4.78 is 0. The third kappa shape index (κ3) is 1.42. The average molecular weight is 206 g/mol. The molecule has 0 radical (unpaired) electrons. The van der Waals surface area contributed by atoms with Crippen LogP contribution in [0.2, 0.25) is 0 Å². The fourth-order valence-electron chi connectivity index (χ4n) is 2.87. The van der Waals surface area contributed by atoms with Gasteiger partial charge in [-0.25, -0.2) is 0 Å². The lowest BCUT2D eigenvalue weighted by atomic mass is 10.0. The summed E-state index contributed by atoms with van der Waals surface area (Å²) in [5.41, 5.74) is 0.440. The van der Waals surface area contributed by atoms with Crippen LogP contribution in [0, 0.1) is 11.8 Å². The molecule has 1 amide bonds. The SMILES string of the molecule is O=C(c1cn[nH]n1)N1CC2CCCC2C1. The van der Waals surface area contributed by atoms with E-state index in [1.165, 1.54) is 25.5 Å². The quantitative estimate of drug-likeness (QED) is 0.734. The molecule has 2 heterocycles. The van der Waals surface area contributed by atoms with Crippen LogP contribution in [0.4, 0.5) is 0 Å². The summed E-state index contributed by atoms with van der Waals surface area (Å²) >= 11 is 0. The fraction of sp³-hybridized carbons (Fsp3) is 0.700. The number of rotatable bonds is 1. The van der Waals surface area contributed by atoms with Gasteiger partial charge in [0.25, 0.3) is 5.91 Å². The first-order chi connectivity index (χ1) is 7.34. The maximum Gasteiger partial charge on any atom is 0.276 e. The normalized spacial score (nSPS) is 29.5. The van der Waals surface area contributed by atoms with Crippen molar-refractivity contribution >= 4 is 5.91 Å². The Morgan fingerprint density at radius 2 is 2.13 bits per heavy atom. The summed E-state index contributed by atoms with van der Waals surface area (Å²) in [4.78, 5) is 13.9. The fourth-order valence-corrected chi connectivity index (χ4v) is 2.87. The second-order valence-corrected chi connectivity index (χ2v) is 4.52. The zero-order valence-corrected chi connectivity index (χ0v) is 8.52. The van der Waals surface area contributed by atoms with Crippen LogP contribution in [-0.2, 0) is 0 Å². The summed E-state index contributed by atoms with van der Waals surface area (Å²) in [6, 6.07) is 0. The minimum absolute atomic E-state index is 0.0261. The van der Waals surface area contributed by atoms with E-state index in [0.29, 0.717) is 5.69 Å². The van der Waals surface area contributed by atoms with E-state index in [0.717, 1.165) is 24.9 Å². The Kier molecular flexibility index (Phi) is 1.97. The van der Waals surface area contributed by atoms with Gasteiger partial charge in [0.05, 0.1) is 6.20 Å². The number of aromatic amines is 1. The van der Waals surface area contributed by atoms with Crippen LogP contribution in [-0.4, -0.2) is 39.3 Å². The predicted octanol–water partition coefficient (Wildman–Crippen LogP) is 0.677.